The number of phenols is 1. The predicted octanol–water partition coefficient (Wildman–Crippen LogP) is 1.41. The SMILES string of the molecule is CC(=O)SCC(C)C(=O)N1CCC[C@H]1C(=O)N[C@@H](Cc1ccc(O)cc1)C(=O)O. The van der Waals surface area contributed by atoms with Crippen molar-refractivity contribution in [1.82, 2.24) is 10.2 Å². The molecule has 0 radical (unpaired) electrons. The maximum atomic E-state index is 12.7. The van der Waals surface area contributed by atoms with E-state index in [1.807, 2.05) is 0 Å². The molecular formula is C20H26N2O6S. The zero-order chi connectivity index (χ0) is 21.6. The molecule has 1 unspecified atom stereocenters. The molecule has 29 heavy (non-hydrogen) atoms. The highest BCUT2D eigenvalue weighted by Crippen LogP contribution is 2.22. The number of aliphatic carboxylic acids is 1. The van der Waals surface area contributed by atoms with Gasteiger partial charge in [-0.15, -0.1) is 0 Å². The molecular weight excluding hydrogens is 396 g/mol. The highest BCUT2D eigenvalue weighted by Gasteiger charge is 2.37. The van der Waals surface area contributed by atoms with E-state index in [-0.39, 0.29) is 23.2 Å². The van der Waals surface area contributed by atoms with Crippen molar-refractivity contribution in [3.05, 3.63) is 29.8 Å². The lowest BCUT2D eigenvalue weighted by Crippen LogP contribution is -2.52. The average molecular weight is 423 g/mol. The fourth-order valence-corrected chi connectivity index (χ4v) is 3.86. The van der Waals surface area contributed by atoms with Crippen LogP contribution in [0.2, 0.25) is 0 Å². The monoisotopic (exact) mass is 422 g/mol. The Morgan fingerprint density at radius 2 is 1.90 bits per heavy atom. The van der Waals surface area contributed by atoms with Gasteiger partial charge in [0.2, 0.25) is 11.8 Å². The average Bonchev–Trinajstić information content (AvgIpc) is 3.16. The Bertz CT molecular complexity index is 767. The van der Waals surface area contributed by atoms with E-state index in [9.17, 15) is 29.4 Å². The van der Waals surface area contributed by atoms with Crippen LogP contribution in [0.25, 0.3) is 0 Å². The minimum absolute atomic E-state index is 0.0632. The van der Waals surface area contributed by atoms with E-state index < -0.39 is 29.9 Å². The summed E-state index contributed by atoms with van der Waals surface area (Å²) >= 11 is 1.07. The molecule has 9 heteroatoms. The third-order valence-corrected chi connectivity index (χ3v) is 5.86. The summed E-state index contributed by atoms with van der Waals surface area (Å²) < 4.78 is 0. The van der Waals surface area contributed by atoms with E-state index in [1.54, 1.807) is 19.1 Å². The Balaban J connectivity index is 2.02. The summed E-state index contributed by atoms with van der Waals surface area (Å²) in [5, 5.41) is 21.3. The van der Waals surface area contributed by atoms with E-state index in [1.165, 1.54) is 24.0 Å². The lowest BCUT2D eigenvalue weighted by atomic mass is 10.0. The van der Waals surface area contributed by atoms with Gasteiger partial charge in [0, 0.05) is 31.6 Å². The summed E-state index contributed by atoms with van der Waals surface area (Å²) in [6.45, 7) is 3.59. The number of nitrogens with zero attached hydrogens (tertiary/aromatic N) is 1. The maximum Gasteiger partial charge on any atom is 0.326 e. The van der Waals surface area contributed by atoms with Crippen LogP contribution < -0.4 is 5.32 Å². The molecule has 1 fully saturated rings. The van der Waals surface area contributed by atoms with Crippen molar-refractivity contribution in [2.75, 3.05) is 12.3 Å². The van der Waals surface area contributed by atoms with Crippen molar-refractivity contribution in [3.63, 3.8) is 0 Å². The largest absolute Gasteiger partial charge is 0.508 e. The molecule has 1 aliphatic rings. The van der Waals surface area contributed by atoms with Crippen LogP contribution in [0.4, 0.5) is 0 Å². The summed E-state index contributed by atoms with van der Waals surface area (Å²) in [6.07, 6.45) is 1.19. The molecule has 0 aromatic heterocycles. The number of carbonyl (C=O) groups excluding carboxylic acids is 3. The lowest BCUT2D eigenvalue weighted by Gasteiger charge is -2.27. The zero-order valence-electron chi connectivity index (χ0n) is 16.5. The van der Waals surface area contributed by atoms with Crippen LogP contribution in [-0.2, 0) is 25.6 Å². The molecule has 1 aromatic carbocycles. The second-order valence-corrected chi connectivity index (χ2v) is 8.36. The van der Waals surface area contributed by atoms with Gasteiger partial charge in [-0.3, -0.25) is 14.4 Å². The normalized spacial score (nSPS) is 18.1. The Hall–Kier alpha value is -2.55. The van der Waals surface area contributed by atoms with Gasteiger partial charge in [-0.25, -0.2) is 4.79 Å². The summed E-state index contributed by atoms with van der Waals surface area (Å²) in [6, 6.07) is 4.24. The Kier molecular flexibility index (Phi) is 8.07. The van der Waals surface area contributed by atoms with Crippen LogP contribution in [0.3, 0.4) is 0 Å². The molecule has 3 atom stereocenters. The maximum absolute atomic E-state index is 12.7. The van der Waals surface area contributed by atoms with Crippen molar-refractivity contribution in [2.24, 2.45) is 5.92 Å². The second kappa shape index (κ2) is 10.3. The molecule has 0 spiro atoms. The van der Waals surface area contributed by atoms with Crippen LogP contribution in [0.1, 0.15) is 32.3 Å². The molecule has 0 aliphatic carbocycles. The van der Waals surface area contributed by atoms with Crippen molar-refractivity contribution in [2.45, 2.75) is 45.2 Å². The number of benzene rings is 1. The van der Waals surface area contributed by atoms with Gasteiger partial charge in [-0.05, 0) is 30.5 Å². The minimum Gasteiger partial charge on any atom is -0.508 e. The van der Waals surface area contributed by atoms with Gasteiger partial charge in [0.15, 0.2) is 5.12 Å². The van der Waals surface area contributed by atoms with Crippen LogP contribution >= 0.6 is 11.8 Å². The molecule has 8 nitrogen and oxygen atoms in total. The van der Waals surface area contributed by atoms with Crippen molar-refractivity contribution in [3.8, 4) is 5.75 Å². The molecule has 1 heterocycles. The van der Waals surface area contributed by atoms with E-state index in [2.05, 4.69) is 5.32 Å². The molecule has 2 rings (SSSR count). The van der Waals surface area contributed by atoms with Gasteiger partial charge >= 0.3 is 5.97 Å². The van der Waals surface area contributed by atoms with Gasteiger partial charge in [0.1, 0.15) is 17.8 Å². The van der Waals surface area contributed by atoms with Crippen LogP contribution in [0, 0.1) is 5.92 Å². The number of carbonyl (C=O) groups is 4. The molecule has 0 bridgehead atoms. The number of hydrogen-bond donors (Lipinski definition) is 3. The second-order valence-electron chi connectivity index (χ2n) is 7.16. The molecule has 0 saturated carbocycles. The van der Waals surface area contributed by atoms with Gasteiger partial charge in [-0.2, -0.15) is 0 Å². The van der Waals surface area contributed by atoms with Crippen LogP contribution in [-0.4, -0.2) is 62.4 Å². The zero-order valence-corrected chi connectivity index (χ0v) is 17.3. The molecule has 2 amide bonds. The number of nitrogens with one attached hydrogen (secondary N) is 1. The third-order valence-electron chi connectivity index (χ3n) is 4.79. The smallest absolute Gasteiger partial charge is 0.326 e. The van der Waals surface area contributed by atoms with Gasteiger partial charge in [-0.1, -0.05) is 30.8 Å². The number of aromatic hydroxyl groups is 1. The number of rotatable bonds is 8. The topological polar surface area (TPSA) is 124 Å². The molecule has 1 aromatic rings. The van der Waals surface area contributed by atoms with Gasteiger partial charge in [0.05, 0.1) is 0 Å². The van der Waals surface area contributed by atoms with E-state index in [0.717, 1.165) is 11.8 Å². The number of phenolic OH excluding ortho intramolecular Hbond substituents is 1. The third kappa shape index (κ3) is 6.49. The van der Waals surface area contributed by atoms with Crippen LogP contribution in [0.5, 0.6) is 5.75 Å². The van der Waals surface area contributed by atoms with Gasteiger partial charge < -0.3 is 20.4 Å². The van der Waals surface area contributed by atoms with Gasteiger partial charge in [0.25, 0.3) is 0 Å². The Labute approximate surface area is 173 Å². The van der Waals surface area contributed by atoms with E-state index in [4.69, 9.17) is 0 Å². The Morgan fingerprint density at radius 1 is 1.24 bits per heavy atom. The summed E-state index contributed by atoms with van der Waals surface area (Å²) in [5.74, 6) is -1.87. The lowest BCUT2D eigenvalue weighted by molar-refractivity contribution is -0.144. The predicted molar refractivity (Wildman–Crippen MR) is 108 cm³/mol. The van der Waals surface area contributed by atoms with Crippen LogP contribution in [0.15, 0.2) is 24.3 Å². The first kappa shape index (κ1) is 22.7. The number of thioether (sulfide) groups is 1. The fraction of sp³-hybridized carbons (Fsp3) is 0.500. The summed E-state index contributed by atoms with van der Waals surface area (Å²) in [4.78, 5) is 49.7. The summed E-state index contributed by atoms with van der Waals surface area (Å²) in [5.41, 5.74) is 0.657. The number of amides is 2. The Morgan fingerprint density at radius 3 is 2.48 bits per heavy atom. The number of carboxylic acids is 1. The van der Waals surface area contributed by atoms with E-state index >= 15 is 0 Å². The highest BCUT2D eigenvalue weighted by atomic mass is 32.2. The number of carboxylic acid groups (broad SMARTS) is 1. The molecule has 158 valence electrons. The standard InChI is InChI=1S/C20H26N2O6S/c1-12(11-29-13(2)23)19(26)22-9-3-4-17(22)18(25)21-16(20(27)28)10-14-5-7-15(24)8-6-14/h5-8,12,16-17,24H,3-4,9-11H2,1-2H3,(H,21,25)(H,27,28)/t12?,16-,17-/m0/s1. The highest BCUT2D eigenvalue weighted by molar-refractivity contribution is 8.13. The van der Waals surface area contributed by atoms with E-state index in [0.29, 0.717) is 30.7 Å². The number of likely N-dealkylation sites (tertiary alicyclic amines) is 1. The first-order valence-corrected chi connectivity index (χ1v) is 10.4. The quantitative estimate of drug-likeness (QED) is 0.579. The van der Waals surface area contributed by atoms with Crippen molar-refractivity contribution >= 4 is 34.7 Å². The fourth-order valence-electron chi connectivity index (χ4n) is 3.24. The number of hydrogen-bond acceptors (Lipinski definition) is 6. The van der Waals surface area contributed by atoms with Crippen molar-refractivity contribution < 1.29 is 29.4 Å². The summed E-state index contributed by atoms with van der Waals surface area (Å²) in [7, 11) is 0. The first-order valence-electron chi connectivity index (χ1n) is 9.44. The molecule has 1 aliphatic heterocycles. The molecule has 3 N–H and O–H groups in total. The van der Waals surface area contributed by atoms with Crippen molar-refractivity contribution in [1.29, 1.82) is 0 Å². The first-order chi connectivity index (χ1) is 13.7. The molecule has 1 saturated heterocycles. The minimum atomic E-state index is -1.17.